The molecule has 0 aliphatic carbocycles. The first-order valence-electron chi connectivity index (χ1n) is 5.42. The first-order valence-corrected chi connectivity index (χ1v) is 5.42. The lowest BCUT2D eigenvalue weighted by Crippen LogP contribution is -2.28. The highest BCUT2D eigenvalue weighted by Gasteiger charge is 2.41. The maximum absolute atomic E-state index is 11.5. The number of nitrogens with one attached hydrogen (secondary N) is 1. The van der Waals surface area contributed by atoms with Crippen molar-refractivity contribution in [2.75, 3.05) is 24.5 Å². The molecule has 2 atom stereocenters. The third-order valence-electron chi connectivity index (χ3n) is 3.44. The van der Waals surface area contributed by atoms with Crippen LogP contribution in [0.2, 0.25) is 0 Å². The summed E-state index contributed by atoms with van der Waals surface area (Å²) in [6.07, 6.45) is 0. The van der Waals surface area contributed by atoms with Crippen molar-refractivity contribution in [1.82, 2.24) is 5.32 Å². The highest BCUT2D eigenvalue weighted by atomic mass is 16.2. The average Bonchev–Trinajstić information content (AvgIpc) is 2.83. The molecule has 1 aromatic carbocycles. The molecule has 2 fully saturated rings. The zero-order valence-corrected chi connectivity index (χ0v) is 8.52. The Morgan fingerprint density at radius 2 is 2.00 bits per heavy atom. The Morgan fingerprint density at radius 1 is 1.20 bits per heavy atom. The average molecular weight is 202 g/mol. The van der Waals surface area contributed by atoms with Crippen molar-refractivity contribution in [3.63, 3.8) is 0 Å². The number of benzene rings is 1. The van der Waals surface area contributed by atoms with Crippen molar-refractivity contribution in [2.24, 2.45) is 11.8 Å². The SMILES string of the molecule is O=C1NCC2CN(c3ccccc3)CC12. The molecule has 0 bridgehead atoms. The van der Waals surface area contributed by atoms with Gasteiger partial charge in [-0.2, -0.15) is 0 Å². The van der Waals surface area contributed by atoms with Crippen LogP contribution in [0.5, 0.6) is 0 Å². The largest absolute Gasteiger partial charge is 0.370 e. The predicted molar refractivity (Wildman–Crippen MR) is 58.6 cm³/mol. The van der Waals surface area contributed by atoms with Crippen molar-refractivity contribution in [3.05, 3.63) is 30.3 Å². The summed E-state index contributed by atoms with van der Waals surface area (Å²) >= 11 is 0. The van der Waals surface area contributed by atoms with E-state index in [2.05, 4.69) is 22.3 Å². The minimum Gasteiger partial charge on any atom is -0.370 e. The summed E-state index contributed by atoms with van der Waals surface area (Å²) in [7, 11) is 0. The fourth-order valence-electron chi connectivity index (χ4n) is 2.59. The number of hydrogen-bond acceptors (Lipinski definition) is 2. The third kappa shape index (κ3) is 1.39. The van der Waals surface area contributed by atoms with Gasteiger partial charge >= 0.3 is 0 Å². The zero-order valence-electron chi connectivity index (χ0n) is 8.52. The lowest BCUT2D eigenvalue weighted by molar-refractivity contribution is -0.122. The smallest absolute Gasteiger partial charge is 0.225 e. The summed E-state index contributed by atoms with van der Waals surface area (Å²) in [6.45, 7) is 2.74. The number of nitrogens with zero attached hydrogens (tertiary/aromatic N) is 1. The number of para-hydroxylation sites is 1. The van der Waals surface area contributed by atoms with E-state index in [1.54, 1.807) is 0 Å². The number of amides is 1. The van der Waals surface area contributed by atoms with Crippen LogP contribution >= 0.6 is 0 Å². The minimum absolute atomic E-state index is 0.213. The predicted octanol–water partition coefficient (Wildman–Crippen LogP) is 0.869. The molecular weight excluding hydrogens is 188 g/mol. The second-order valence-corrected chi connectivity index (χ2v) is 4.35. The van der Waals surface area contributed by atoms with Gasteiger partial charge in [0.2, 0.25) is 5.91 Å². The minimum atomic E-state index is 0.213. The Morgan fingerprint density at radius 3 is 2.73 bits per heavy atom. The molecule has 3 heteroatoms. The van der Waals surface area contributed by atoms with Gasteiger partial charge in [-0.05, 0) is 12.1 Å². The molecule has 0 spiro atoms. The van der Waals surface area contributed by atoms with Gasteiger partial charge in [0.05, 0.1) is 5.92 Å². The summed E-state index contributed by atoms with van der Waals surface area (Å²) in [6, 6.07) is 10.3. The van der Waals surface area contributed by atoms with Gasteiger partial charge in [-0.3, -0.25) is 4.79 Å². The summed E-state index contributed by atoms with van der Waals surface area (Å²) in [5, 5.41) is 2.93. The van der Waals surface area contributed by atoms with Crippen LogP contribution in [0, 0.1) is 11.8 Å². The molecule has 2 aliphatic heterocycles. The molecule has 1 amide bonds. The van der Waals surface area contributed by atoms with Crippen molar-refractivity contribution in [1.29, 1.82) is 0 Å². The molecule has 2 heterocycles. The highest BCUT2D eigenvalue weighted by molar-refractivity contribution is 5.82. The molecule has 2 saturated heterocycles. The molecule has 15 heavy (non-hydrogen) atoms. The van der Waals surface area contributed by atoms with Gasteiger partial charge in [0.25, 0.3) is 0 Å². The molecule has 2 aliphatic rings. The first-order chi connectivity index (χ1) is 7.34. The van der Waals surface area contributed by atoms with Gasteiger partial charge in [-0.25, -0.2) is 0 Å². The highest BCUT2D eigenvalue weighted by Crippen LogP contribution is 2.30. The van der Waals surface area contributed by atoms with Crippen LogP contribution in [-0.2, 0) is 4.79 Å². The van der Waals surface area contributed by atoms with E-state index in [0.717, 1.165) is 19.6 Å². The monoisotopic (exact) mass is 202 g/mol. The van der Waals surface area contributed by atoms with Crippen molar-refractivity contribution in [2.45, 2.75) is 0 Å². The fourth-order valence-corrected chi connectivity index (χ4v) is 2.59. The normalized spacial score (nSPS) is 29.1. The van der Waals surface area contributed by atoms with Gasteiger partial charge < -0.3 is 10.2 Å². The Kier molecular flexibility index (Phi) is 1.91. The molecule has 0 aromatic heterocycles. The lowest BCUT2D eigenvalue weighted by Gasteiger charge is -2.19. The number of carbonyl (C=O) groups excluding carboxylic acids is 1. The van der Waals surface area contributed by atoms with E-state index in [-0.39, 0.29) is 11.8 Å². The molecule has 0 radical (unpaired) electrons. The fraction of sp³-hybridized carbons (Fsp3) is 0.417. The number of hydrogen-bond donors (Lipinski definition) is 1. The van der Waals surface area contributed by atoms with Crippen LogP contribution in [0.3, 0.4) is 0 Å². The van der Waals surface area contributed by atoms with Gasteiger partial charge in [-0.1, -0.05) is 18.2 Å². The topological polar surface area (TPSA) is 32.3 Å². The molecule has 3 rings (SSSR count). The second-order valence-electron chi connectivity index (χ2n) is 4.35. The van der Waals surface area contributed by atoms with Crippen LogP contribution < -0.4 is 10.2 Å². The van der Waals surface area contributed by atoms with Crippen LogP contribution in [0.15, 0.2) is 30.3 Å². The molecule has 78 valence electrons. The quantitative estimate of drug-likeness (QED) is 0.733. The Hall–Kier alpha value is -1.51. The van der Waals surface area contributed by atoms with E-state index in [1.165, 1.54) is 5.69 Å². The molecule has 2 unspecified atom stereocenters. The Balaban J connectivity index is 1.80. The maximum Gasteiger partial charge on any atom is 0.225 e. The molecule has 1 aromatic rings. The van der Waals surface area contributed by atoms with Crippen LogP contribution in [0.25, 0.3) is 0 Å². The third-order valence-corrected chi connectivity index (χ3v) is 3.44. The second kappa shape index (κ2) is 3.26. The van der Waals surface area contributed by atoms with E-state index in [4.69, 9.17) is 0 Å². The maximum atomic E-state index is 11.5. The van der Waals surface area contributed by atoms with Crippen molar-refractivity contribution < 1.29 is 4.79 Å². The van der Waals surface area contributed by atoms with E-state index in [1.807, 2.05) is 18.2 Å². The summed E-state index contributed by atoms with van der Waals surface area (Å²) in [5.41, 5.74) is 1.24. The van der Waals surface area contributed by atoms with E-state index < -0.39 is 0 Å². The van der Waals surface area contributed by atoms with Crippen LogP contribution in [0.1, 0.15) is 0 Å². The van der Waals surface area contributed by atoms with Gasteiger partial charge in [0.1, 0.15) is 0 Å². The van der Waals surface area contributed by atoms with Crippen molar-refractivity contribution in [3.8, 4) is 0 Å². The molecule has 1 N–H and O–H groups in total. The van der Waals surface area contributed by atoms with E-state index in [9.17, 15) is 4.79 Å². The first kappa shape index (κ1) is 8.77. The van der Waals surface area contributed by atoms with E-state index >= 15 is 0 Å². The summed E-state index contributed by atoms with van der Waals surface area (Å²) in [5.74, 6) is 0.960. The Labute approximate surface area is 89.1 Å². The summed E-state index contributed by atoms with van der Waals surface area (Å²) in [4.78, 5) is 13.8. The van der Waals surface area contributed by atoms with Crippen LogP contribution in [0.4, 0.5) is 5.69 Å². The van der Waals surface area contributed by atoms with Crippen molar-refractivity contribution >= 4 is 11.6 Å². The number of anilines is 1. The van der Waals surface area contributed by atoms with E-state index in [0.29, 0.717) is 5.92 Å². The molecular formula is C12H14N2O. The summed E-state index contributed by atoms with van der Waals surface area (Å²) < 4.78 is 0. The van der Waals surface area contributed by atoms with Gasteiger partial charge in [-0.15, -0.1) is 0 Å². The lowest BCUT2D eigenvalue weighted by atomic mass is 10.0. The molecule has 3 nitrogen and oxygen atoms in total. The zero-order chi connectivity index (χ0) is 10.3. The molecule has 0 saturated carbocycles. The Bertz CT molecular complexity index is 376. The van der Waals surface area contributed by atoms with Gasteiger partial charge in [0.15, 0.2) is 0 Å². The number of carbonyl (C=O) groups is 1. The number of rotatable bonds is 1. The van der Waals surface area contributed by atoms with Crippen LogP contribution in [-0.4, -0.2) is 25.5 Å². The standard InChI is InChI=1S/C12H14N2O/c15-12-11-8-14(7-9(11)6-13-12)10-4-2-1-3-5-10/h1-5,9,11H,6-8H2,(H,13,15). The number of fused-ring (bicyclic) bond motifs is 1. The van der Waals surface area contributed by atoms with Gasteiger partial charge in [0, 0.05) is 31.2 Å².